The van der Waals surface area contributed by atoms with Crippen molar-refractivity contribution in [1.82, 2.24) is 4.57 Å². The molecule has 1 aliphatic rings. The van der Waals surface area contributed by atoms with E-state index in [1.807, 2.05) is 30.3 Å². The van der Waals surface area contributed by atoms with Crippen molar-refractivity contribution in [1.29, 1.82) is 0 Å². The second kappa shape index (κ2) is 9.36. The number of ether oxygens (including phenoxy) is 2. The van der Waals surface area contributed by atoms with Crippen molar-refractivity contribution in [2.75, 3.05) is 13.7 Å². The summed E-state index contributed by atoms with van der Waals surface area (Å²) < 4.78 is 13.1. The van der Waals surface area contributed by atoms with Crippen LogP contribution in [-0.2, 0) is 9.53 Å². The number of phenols is 1. The lowest BCUT2D eigenvalue weighted by Gasteiger charge is -2.24. The molecule has 0 amide bonds. The van der Waals surface area contributed by atoms with Gasteiger partial charge in [0.25, 0.3) is 5.56 Å². The molecule has 0 radical (unpaired) electrons. The van der Waals surface area contributed by atoms with E-state index in [1.165, 1.54) is 29.1 Å². The molecule has 0 spiro atoms. The Hall–Kier alpha value is -3.17. The summed E-state index contributed by atoms with van der Waals surface area (Å²) in [5, 5.41) is 9.99. The normalized spacial score (nSPS) is 15.8. The number of halogens is 1. The summed E-state index contributed by atoms with van der Waals surface area (Å²) >= 11 is 4.65. The van der Waals surface area contributed by atoms with Gasteiger partial charge in [-0.1, -0.05) is 57.6 Å². The van der Waals surface area contributed by atoms with Crippen molar-refractivity contribution in [3.63, 3.8) is 0 Å². The van der Waals surface area contributed by atoms with Crippen LogP contribution in [-0.4, -0.2) is 29.4 Å². The Morgan fingerprint density at radius 2 is 2.03 bits per heavy atom. The first kappa shape index (κ1) is 23.0. The van der Waals surface area contributed by atoms with Gasteiger partial charge in [-0.05, 0) is 43.2 Å². The number of carbonyl (C=O) groups is 1. The third-order valence-electron chi connectivity index (χ3n) is 5.22. The van der Waals surface area contributed by atoms with Gasteiger partial charge < -0.3 is 14.6 Å². The Morgan fingerprint density at radius 3 is 2.70 bits per heavy atom. The van der Waals surface area contributed by atoms with Gasteiger partial charge in [0, 0.05) is 4.47 Å². The molecular weight excluding hydrogens is 508 g/mol. The summed E-state index contributed by atoms with van der Waals surface area (Å²) in [7, 11) is 1.46. The Labute approximate surface area is 202 Å². The molecule has 170 valence electrons. The number of allylic oxidation sites excluding steroid dienone is 1. The first-order chi connectivity index (χ1) is 15.8. The zero-order chi connectivity index (χ0) is 23.7. The third kappa shape index (κ3) is 4.26. The molecule has 1 unspecified atom stereocenters. The number of hydrogen-bond donors (Lipinski definition) is 1. The van der Waals surface area contributed by atoms with Crippen LogP contribution in [0.2, 0.25) is 0 Å². The molecule has 0 aliphatic carbocycles. The number of hydrogen-bond acceptors (Lipinski definition) is 7. The standard InChI is InChI=1S/C24H21BrN2O5S/c1-4-32-23(30)20-13(2)26-24-27(21(20)14-8-6-5-7-9-14)22(29)19(33-24)11-15-10-18(31-3)17(28)12-16(15)25/h5-12,21,28H,4H2,1-3H3/b19-11+. The SMILES string of the molecule is CCOC(=O)C1=C(C)N=c2s/c(=C/c3cc(OC)c(O)cc3Br)c(=O)n2C1c1ccccc1. The topological polar surface area (TPSA) is 90.1 Å². The predicted octanol–water partition coefficient (Wildman–Crippen LogP) is 3.28. The average molecular weight is 529 g/mol. The Kier molecular flexibility index (Phi) is 6.53. The van der Waals surface area contributed by atoms with Crippen molar-refractivity contribution < 1.29 is 19.4 Å². The van der Waals surface area contributed by atoms with Crippen LogP contribution in [0.5, 0.6) is 11.5 Å². The molecule has 1 N–H and O–H groups in total. The summed E-state index contributed by atoms with van der Waals surface area (Å²) in [6, 6.07) is 11.9. The highest BCUT2D eigenvalue weighted by molar-refractivity contribution is 9.10. The van der Waals surface area contributed by atoms with Crippen molar-refractivity contribution in [3.8, 4) is 11.5 Å². The first-order valence-corrected chi connectivity index (χ1v) is 11.8. The van der Waals surface area contributed by atoms with E-state index < -0.39 is 12.0 Å². The Morgan fingerprint density at radius 1 is 1.30 bits per heavy atom. The summed E-state index contributed by atoms with van der Waals surface area (Å²) in [5.74, 6) is -0.213. The summed E-state index contributed by atoms with van der Waals surface area (Å²) in [4.78, 5) is 31.5. The smallest absolute Gasteiger partial charge is 0.338 e. The van der Waals surface area contributed by atoms with Crippen LogP contribution in [0.3, 0.4) is 0 Å². The molecule has 33 heavy (non-hydrogen) atoms. The van der Waals surface area contributed by atoms with E-state index in [0.29, 0.717) is 36.4 Å². The number of aromatic nitrogens is 1. The molecule has 0 saturated carbocycles. The molecule has 2 aromatic carbocycles. The van der Waals surface area contributed by atoms with Gasteiger partial charge in [-0.25, -0.2) is 9.79 Å². The van der Waals surface area contributed by atoms with Gasteiger partial charge in [0.05, 0.1) is 35.6 Å². The van der Waals surface area contributed by atoms with E-state index in [9.17, 15) is 14.7 Å². The van der Waals surface area contributed by atoms with E-state index in [-0.39, 0.29) is 17.9 Å². The number of esters is 1. The van der Waals surface area contributed by atoms with Gasteiger partial charge in [-0.15, -0.1) is 0 Å². The number of thiazole rings is 1. The molecule has 1 aliphatic heterocycles. The average Bonchev–Trinajstić information content (AvgIpc) is 3.09. The highest BCUT2D eigenvalue weighted by Gasteiger charge is 2.33. The van der Waals surface area contributed by atoms with Crippen molar-refractivity contribution in [3.05, 3.63) is 89.0 Å². The lowest BCUT2D eigenvalue weighted by molar-refractivity contribution is -0.139. The highest BCUT2D eigenvalue weighted by Crippen LogP contribution is 2.33. The van der Waals surface area contributed by atoms with E-state index >= 15 is 0 Å². The number of aromatic hydroxyl groups is 1. The lowest BCUT2D eigenvalue weighted by Crippen LogP contribution is -2.39. The fourth-order valence-corrected chi connectivity index (χ4v) is 5.20. The predicted molar refractivity (Wildman–Crippen MR) is 129 cm³/mol. The molecule has 7 nitrogen and oxygen atoms in total. The monoisotopic (exact) mass is 528 g/mol. The molecule has 2 heterocycles. The van der Waals surface area contributed by atoms with Gasteiger partial charge in [0.15, 0.2) is 16.3 Å². The zero-order valence-electron chi connectivity index (χ0n) is 18.2. The van der Waals surface area contributed by atoms with Gasteiger partial charge in [0.2, 0.25) is 0 Å². The minimum atomic E-state index is -0.651. The highest BCUT2D eigenvalue weighted by atomic mass is 79.9. The summed E-state index contributed by atoms with van der Waals surface area (Å²) in [6.07, 6.45) is 1.71. The van der Waals surface area contributed by atoms with Gasteiger partial charge in [-0.2, -0.15) is 0 Å². The van der Waals surface area contributed by atoms with E-state index in [0.717, 1.165) is 5.56 Å². The molecule has 1 atom stereocenters. The fourth-order valence-electron chi connectivity index (χ4n) is 3.72. The summed E-state index contributed by atoms with van der Waals surface area (Å²) in [5.41, 5.74) is 2.03. The number of benzene rings is 2. The lowest BCUT2D eigenvalue weighted by atomic mass is 9.96. The minimum Gasteiger partial charge on any atom is -0.504 e. The Balaban J connectivity index is 1.96. The van der Waals surface area contributed by atoms with Gasteiger partial charge in [0.1, 0.15) is 0 Å². The van der Waals surface area contributed by atoms with E-state index in [4.69, 9.17) is 9.47 Å². The largest absolute Gasteiger partial charge is 0.504 e. The number of fused-ring (bicyclic) bond motifs is 1. The number of phenolic OH excluding ortho intramolecular Hbond substituents is 1. The van der Waals surface area contributed by atoms with Gasteiger partial charge in [-0.3, -0.25) is 9.36 Å². The van der Waals surface area contributed by atoms with Crippen molar-refractivity contribution in [2.45, 2.75) is 19.9 Å². The molecule has 4 rings (SSSR count). The number of nitrogens with zero attached hydrogens (tertiary/aromatic N) is 2. The molecule has 1 aromatic heterocycles. The number of carbonyl (C=O) groups excluding carboxylic acids is 1. The van der Waals surface area contributed by atoms with Crippen LogP contribution < -0.4 is 19.6 Å². The van der Waals surface area contributed by atoms with Gasteiger partial charge >= 0.3 is 5.97 Å². The Bertz CT molecular complexity index is 1440. The molecule has 0 bridgehead atoms. The van der Waals surface area contributed by atoms with E-state index in [2.05, 4.69) is 20.9 Å². The summed E-state index contributed by atoms with van der Waals surface area (Å²) in [6.45, 7) is 3.71. The maximum Gasteiger partial charge on any atom is 0.338 e. The van der Waals surface area contributed by atoms with Crippen LogP contribution in [0.15, 0.2) is 68.0 Å². The zero-order valence-corrected chi connectivity index (χ0v) is 20.6. The van der Waals surface area contributed by atoms with Crippen molar-refractivity contribution >= 4 is 39.3 Å². The van der Waals surface area contributed by atoms with E-state index in [1.54, 1.807) is 26.0 Å². The molecule has 0 fully saturated rings. The maximum absolute atomic E-state index is 13.6. The second-order valence-electron chi connectivity index (χ2n) is 7.26. The first-order valence-electron chi connectivity index (χ1n) is 10.2. The van der Waals surface area contributed by atoms with Crippen LogP contribution >= 0.6 is 27.3 Å². The van der Waals surface area contributed by atoms with Crippen molar-refractivity contribution in [2.24, 2.45) is 4.99 Å². The van der Waals surface area contributed by atoms with Crippen LogP contribution in [0.25, 0.3) is 6.08 Å². The third-order valence-corrected chi connectivity index (χ3v) is 6.89. The molecule has 3 aromatic rings. The minimum absolute atomic E-state index is 0.0123. The van der Waals surface area contributed by atoms with Crippen LogP contribution in [0.4, 0.5) is 0 Å². The van der Waals surface area contributed by atoms with Crippen LogP contribution in [0.1, 0.15) is 31.0 Å². The quantitative estimate of drug-likeness (QED) is 0.513. The van der Waals surface area contributed by atoms with Crippen LogP contribution in [0, 0.1) is 0 Å². The second-order valence-corrected chi connectivity index (χ2v) is 9.12. The molecule has 9 heteroatoms. The molecular formula is C24H21BrN2O5S. The number of rotatable bonds is 5. The molecule has 0 saturated heterocycles. The fraction of sp³-hybridized carbons (Fsp3) is 0.208. The maximum atomic E-state index is 13.6. The number of methoxy groups -OCH3 is 1.